The molecule has 0 aliphatic heterocycles. The summed E-state index contributed by atoms with van der Waals surface area (Å²) in [5.74, 6) is -0.649. The Labute approximate surface area is 160 Å². The second-order valence-electron chi connectivity index (χ2n) is 6.47. The first-order chi connectivity index (χ1) is 12.9. The van der Waals surface area contributed by atoms with E-state index in [4.69, 9.17) is 9.47 Å². The van der Waals surface area contributed by atoms with Gasteiger partial charge in [0.05, 0.1) is 17.9 Å². The van der Waals surface area contributed by atoms with E-state index in [2.05, 4.69) is 16.0 Å². The molecule has 27 heavy (non-hydrogen) atoms. The van der Waals surface area contributed by atoms with Crippen LogP contribution in [0.2, 0.25) is 0 Å². The Kier molecular flexibility index (Phi) is 5.74. The summed E-state index contributed by atoms with van der Waals surface area (Å²) in [6.45, 7) is 5.35. The molecule has 1 aliphatic carbocycles. The van der Waals surface area contributed by atoms with Gasteiger partial charge in [-0.25, -0.2) is 9.78 Å². The quantitative estimate of drug-likeness (QED) is 0.620. The van der Waals surface area contributed by atoms with Crippen LogP contribution < -0.4 is 5.56 Å². The molecule has 0 unspecified atom stereocenters. The number of carbonyl (C=O) groups excluding carboxylic acids is 2. The molecule has 8 heteroatoms. The maximum absolute atomic E-state index is 12.5. The monoisotopic (exact) mass is 390 g/mol. The molecule has 0 bridgehead atoms. The number of H-pyrrole nitrogens is 1. The third-order valence-electron chi connectivity index (χ3n) is 4.56. The molecule has 2 aromatic heterocycles. The van der Waals surface area contributed by atoms with Gasteiger partial charge in [0.2, 0.25) is 0 Å². The van der Waals surface area contributed by atoms with Crippen LogP contribution in [0.5, 0.6) is 0 Å². The first-order valence-electron chi connectivity index (χ1n) is 8.98. The number of carbonyl (C=O) groups is 2. The molecule has 0 aromatic carbocycles. The average Bonchev–Trinajstić information content (AvgIpc) is 2.99. The maximum atomic E-state index is 12.5. The van der Waals surface area contributed by atoms with Gasteiger partial charge in [0.1, 0.15) is 9.71 Å². The Balaban J connectivity index is 1.86. The number of nitrogens with zero attached hydrogens (tertiary/aromatic N) is 1. The van der Waals surface area contributed by atoms with E-state index in [1.165, 1.54) is 0 Å². The van der Waals surface area contributed by atoms with Crippen LogP contribution in [0.1, 0.15) is 60.3 Å². The molecule has 0 saturated carbocycles. The summed E-state index contributed by atoms with van der Waals surface area (Å²) in [4.78, 5) is 44.8. The van der Waals surface area contributed by atoms with Crippen LogP contribution in [0.25, 0.3) is 10.2 Å². The molecule has 0 spiro atoms. The molecular weight excluding hydrogens is 368 g/mol. The highest BCUT2D eigenvalue weighted by molar-refractivity contribution is 7.20. The van der Waals surface area contributed by atoms with Crippen molar-refractivity contribution in [3.8, 4) is 0 Å². The van der Waals surface area contributed by atoms with E-state index in [9.17, 15) is 14.4 Å². The fourth-order valence-corrected chi connectivity index (χ4v) is 4.16. The first-order valence-corrected chi connectivity index (χ1v) is 9.80. The normalized spacial score (nSPS) is 17.7. The number of thiophene rings is 1. The van der Waals surface area contributed by atoms with Gasteiger partial charge in [-0.2, -0.15) is 0 Å². The lowest BCUT2D eigenvalue weighted by molar-refractivity contribution is -0.154. The fourth-order valence-electron chi connectivity index (χ4n) is 3.08. The second-order valence-corrected chi connectivity index (χ2v) is 7.47. The molecule has 2 aromatic rings. The van der Waals surface area contributed by atoms with E-state index in [1.54, 1.807) is 20.8 Å². The first kappa shape index (κ1) is 19.3. The molecule has 2 atom stereocenters. The molecule has 1 aliphatic rings. The molecule has 144 valence electrons. The topological polar surface area (TPSA) is 98.3 Å². The average molecular weight is 390 g/mol. The summed E-state index contributed by atoms with van der Waals surface area (Å²) in [6, 6.07) is 0. The van der Waals surface area contributed by atoms with E-state index in [-0.39, 0.29) is 29.9 Å². The van der Waals surface area contributed by atoms with Crippen molar-refractivity contribution in [2.45, 2.75) is 46.1 Å². The minimum atomic E-state index is -0.686. The van der Waals surface area contributed by atoms with E-state index >= 15 is 0 Å². The maximum Gasteiger partial charge on any atom is 0.348 e. The van der Waals surface area contributed by atoms with Crippen LogP contribution in [0.4, 0.5) is 0 Å². The van der Waals surface area contributed by atoms with Gasteiger partial charge in [-0.05, 0) is 45.6 Å². The summed E-state index contributed by atoms with van der Waals surface area (Å²) >= 11 is 1.11. The van der Waals surface area contributed by atoms with E-state index in [1.807, 2.05) is 6.08 Å². The molecule has 1 N–H and O–H groups in total. The number of aryl methyl sites for hydroxylation is 1. The highest BCUT2D eigenvalue weighted by atomic mass is 32.1. The number of esters is 2. The molecule has 2 heterocycles. The Morgan fingerprint density at radius 3 is 2.85 bits per heavy atom. The zero-order chi connectivity index (χ0) is 19.6. The molecule has 0 radical (unpaired) electrons. The molecule has 7 nitrogen and oxygen atoms in total. The number of nitrogens with one attached hydrogen (secondary N) is 1. The number of hydrogen-bond acceptors (Lipinski definition) is 7. The van der Waals surface area contributed by atoms with Gasteiger partial charge in [-0.1, -0.05) is 12.2 Å². The number of aromatic nitrogens is 2. The minimum Gasteiger partial charge on any atom is -0.462 e. The van der Waals surface area contributed by atoms with Crippen LogP contribution in [-0.4, -0.2) is 28.5 Å². The van der Waals surface area contributed by atoms with Gasteiger partial charge in [0, 0.05) is 0 Å². The van der Waals surface area contributed by atoms with Crippen molar-refractivity contribution in [3.05, 3.63) is 38.8 Å². The van der Waals surface area contributed by atoms with Gasteiger partial charge >= 0.3 is 11.9 Å². The lowest BCUT2D eigenvalue weighted by Gasteiger charge is -2.19. The largest absolute Gasteiger partial charge is 0.462 e. The minimum absolute atomic E-state index is 0.160. The van der Waals surface area contributed by atoms with E-state index in [0.717, 1.165) is 24.2 Å². The lowest BCUT2D eigenvalue weighted by atomic mass is 9.95. The fraction of sp³-hybridized carbons (Fsp3) is 0.474. The van der Waals surface area contributed by atoms with Crippen LogP contribution in [0, 0.1) is 12.8 Å². The smallest absolute Gasteiger partial charge is 0.348 e. The van der Waals surface area contributed by atoms with Crippen molar-refractivity contribution in [2.75, 3.05) is 6.61 Å². The van der Waals surface area contributed by atoms with Gasteiger partial charge in [-0.3, -0.25) is 9.59 Å². The number of allylic oxidation sites excluding steroid dienone is 2. The summed E-state index contributed by atoms with van der Waals surface area (Å²) in [5.41, 5.74) is 0.190. The molecule has 0 fully saturated rings. The summed E-state index contributed by atoms with van der Waals surface area (Å²) in [5, 5.41) is 0.364. The Hall–Kier alpha value is -2.48. The molecule has 0 amide bonds. The zero-order valence-corrected chi connectivity index (χ0v) is 16.4. The SMILES string of the molecule is CCOC(=O)c1sc2nc([C@H](C)OC(=O)[C@H]3CC=CCC3)[nH]c(=O)c2c1C. The third kappa shape index (κ3) is 3.95. The predicted octanol–water partition coefficient (Wildman–Crippen LogP) is 3.43. The summed E-state index contributed by atoms with van der Waals surface area (Å²) in [6.07, 6.45) is 5.65. The lowest BCUT2D eigenvalue weighted by Crippen LogP contribution is -2.22. The Morgan fingerprint density at radius 1 is 1.41 bits per heavy atom. The third-order valence-corrected chi connectivity index (χ3v) is 5.73. The number of hydrogen-bond donors (Lipinski definition) is 1. The standard InChI is InChI=1S/C19H22N2O5S/c1-4-25-19(24)14-10(2)13-16(22)20-15(21-17(13)27-14)11(3)26-18(23)12-8-6-5-7-9-12/h5-6,11-12H,4,7-9H2,1-3H3,(H,20,21,22)/t11-,12-/m0/s1. The van der Waals surface area contributed by atoms with Crippen molar-refractivity contribution in [1.29, 1.82) is 0 Å². The van der Waals surface area contributed by atoms with Crippen LogP contribution in [-0.2, 0) is 14.3 Å². The Bertz CT molecular complexity index is 959. The Morgan fingerprint density at radius 2 is 2.19 bits per heavy atom. The van der Waals surface area contributed by atoms with Gasteiger partial charge < -0.3 is 14.5 Å². The second kappa shape index (κ2) is 8.04. The van der Waals surface area contributed by atoms with Crippen LogP contribution in [0.3, 0.4) is 0 Å². The highest BCUT2D eigenvalue weighted by Gasteiger charge is 2.25. The number of rotatable bonds is 5. The number of aromatic amines is 1. The van der Waals surface area contributed by atoms with E-state index in [0.29, 0.717) is 27.1 Å². The van der Waals surface area contributed by atoms with E-state index < -0.39 is 12.1 Å². The summed E-state index contributed by atoms with van der Waals surface area (Å²) < 4.78 is 10.5. The van der Waals surface area contributed by atoms with Gasteiger partial charge in [-0.15, -0.1) is 11.3 Å². The van der Waals surface area contributed by atoms with Crippen molar-refractivity contribution in [2.24, 2.45) is 5.92 Å². The predicted molar refractivity (Wildman–Crippen MR) is 102 cm³/mol. The van der Waals surface area contributed by atoms with Crippen LogP contribution in [0.15, 0.2) is 16.9 Å². The van der Waals surface area contributed by atoms with Crippen molar-refractivity contribution in [3.63, 3.8) is 0 Å². The number of ether oxygens (including phenoxy) is 2. The molecular formula is C19H22N2O5S. The molecule has 3 rings (SSSR count). The number of fused-ring (bicyclic) bond motifs is 1. The highest BCUT2D eigenvalue weighted by Crippen LogP contribution is 2.29. The zero-order valence-electron chi connectivity index (χ0n) is 15.5. The van der Waals surface area contributed by atoms with Crippen LogP contribution >= 0.6 is 11.3 Å². The van der Waals surface area contributed by atoms with Crippen molar-refractivity contribution >= 4 is 33.5 Å². The molecule has 0 saturated heterocycles. The van der Waals surface area contributed by atoms with Crippen molar-refractivity contribution < 1.29 is 19.1 Å². The van der Waals surface area contributed by atoms with Gasteiger partial charge in [0.25, 0.3) is 5.56 Å². The van der Waals surface area contributed by atoms with Crippen molar-refractivity contribution in [1.82, 2.24) is 9.97 Å². The van der Waals surface area contributed by atoms with Gasteiger partial charge in [0.15, 0.2) is 11.9 Å². The summed E-state index contributed by atoms with van der Waals surface area (Å²) in [7, 11) is 0.